The molecule has 0 N–H and O–H groups in total. The van der Waals surface area contributed by atoms with Crippen LogP contribution in [0.15, 0.2) is 39.9 Å². The summed E-state index contributed by atoms with van der Waals surface area (Å²) in [7, 11) is -3.50. The Morgan fingerprint density at radius 2 is 1.96 bits per heavy atom. The van der Waals surface area contributed by atoms with Crippen molar-refractivity contribution in [1.82, 2.24) is 9.21 Å². The van der Waals surface area contributed by atoms with Gasteiger partial charge in [-0.15, -0.1) is 11.3 Å². The Hall–Kier alpha value is -1.90. The van der Waals surface area contributed by atoms with Crippen LogP contribution in [-0.2, 0) is 14.8 Å². The van der Waals surface area contributed by atoms with E-state index in [0.29, 0.717) is 36.8 Å². The van der Waals surface area contributed by atoms with Crippen molar-refractivity contribution in [3.63, 3.8) is 0 Å². The number of hydrogen-bond donors (Lipinski definition) is 0. The topological polar surface area (TPSA) is 70.8 Å². The second-order valence-corrected chi connectivity index (χ2v) is 9.22. The molecule has 25 heavy (non-hydrogen) atoms. The average Bonchev–Trinajstić information content (AvgIpc) is 3.22. The van der Waals surface area contributed by atoms with E-state index in [4.69, 9.17) is 4.42 Å². The first kappa shape index (κ1) is 17.9. The molecule has 1 saturated heterocycles. The van der Waals surface area contributed by atoms with Crippen LogP contribution in [0.5, 0.6) is 0 Å². The first-order valence-corrected chi connectivity index (χ1v) is 10.2. The normalized spacial score (nSPS) is 16.6. The van der Waals surface area contributed by atoms with Gasteiger partial charge < -0.3 is 9.32 Å². The van der Waals surface area contributed by atoms with Crippen LogP contribution < -0.4 is 0 Å². The number of carbonyl (C=O) groups excluding carboxylic acids is 1. The summed E-state index contributed by atoms with van der Waals surface area (Å²) in [6, 6.07) is 5.24. The Labute approximate surface area is 151 Å². The minimum atomic E-state index is -3.50. The molecular formula is C17H20N2O4S2. The maximum absolute atomic E-state index is 12.8. The van der Waals surface area contributed by atoms with Crippen molar-refractivity contribution in [1.29, 1.82) is 0 Å². The summed E-state index contributed by atoms with van der Waals surface area (Å²) in [5.41, 5.74) is 0. The van der Waals surface area contributed by atoms with Crippen LogP contribution in [0, 0.1) is 13.8 Å². The molecule has 0 aliphatic carbocycles. The third kappa shape index (κ3) is 3.86. The first-order chi connectivity index (χ1) is 11.9. The van der Waals surface area contributed by atoms with Crippen LogP contribution in [0.1, 0.15) is 15.5 Å². The largest absolute Gasteiger partial charge is 0.465 e. The molecule has 0 saturated carbocycles. The van der Waals surface area contributed by atoms with Gasteiger partial charge in [0.2, 0.25) is 15.9 Å². The number of sulfonamides is 1. The van der Waals surface area contributed by atoms with Gasteiger partial charge in [-0.1, -0.05) is 0 Å². The van der Waals surface area contributed by atoms with E-state index in [9.17, 15) is 13.2 Å². The number of thiophene rings is 1. The zero-order valence-electron chi connectivity index (χ0n) is 14.1. The number of amides is 1. The molecular weight excluding hydrogens is 360 g/mol. The monoisotopic (exact) mass is 380 g/mol. The van der Waals surface area contributed by atoms with Gasteiger partial charge in [0.25, 0.3) is 0 Å². The molecule has 2 aromatic heterocycles. The fourth-order valence-electron chi connectivity index (χ4n) is 2.80. The number of hydrogen-bond acceptors (Lipinski definition) is 5. The summed E-state index contributed by atoms with van der Waals surface area (Å²) in [4.78, 5) is 16.0. The van der Waals surface area contributed by atoms with E-state index >= 15 is 0 Å². The van der Waals surface area contributed by atoms with Gasteiger partial charge in [0, 0.05) is 42.0 Å². The van der Waals surface area contributed by atoms with Crippen LogP contribution in [0.25, 0.3) is 6.08 Å². The van der Waals surface area contributed by atoms with Gasteiger partial charge in [-0.05, 0) is 38.1 Å². The van der Waals surface area contributed by atoms with Crippen LogP contribution in [0.2, 0.25) is 0 Å². The number of aryl methyl sites for hydroxylation is 2. The summed E-state index contributed by atoms with van der Waals surface area (Å²) in [6.45, 7) is 5.09. The number of rotatable bonds is 4. The quantitative estimate of drug-likeness (QED) is 0.764. The van der Waals surface area contributed by atoms with E-state index in [1.54, 1.807) is 35.4 Å². The first-order valence-electron chi connectivity index (χ1n) is 7.95. The molecule has 2 aromatic rings. The molecule has 0 spiro atoms. The molecule has 0 bridgehead atoms. The van der Waals surface area contributed by atoms with Crippen molar-refractivity contribution in [3.8, 4) is 0 Å². The standard InChI is InChI=1S/C17H20N2O4S2/c1-13-12-16(14(2)24-13)25(21,22)19-9-7-18(8-10-19)17(20)6-5-15-4-3-11-23-15/h3-6,11-12H,7-10H2,1-2H3/b6-5+. The van der Waals surface area contributed by atoms with E-state index in [-0.39, 0.29) is 5.91 Å². The number of carbonyl (C=O) groups is 1. The fourth-order valence-corrected chi connectivity index (χ4v) is 5.74. The van der Waals surface area contributed by atoms with Crippen LogP contribution in [-0.4, -0.2) is 49.7 Å². The van der Waals surface area contributed by atoms with E-state index in [0.717, 1.165) is 9.75 Å². The zero-order valence-corrected chi connectivity index (χ0v) is 15.8. The Balaban J connectivity index is 1.63. The lowest BCUT2D eigenvalue weighted by atomic mass is 10.3. The molecule has 1 aliphatic rings. The molecule has 134 valence electrons. The van der Waals surface area contributed by atoms with Gasteiger partial charge in [0.1, 0.15) is 5.76 Å². The van der Waals surface area contributed by atoms with E-state index in [1.165, 1.54) is 21.7 Å². The van der Waals surface area contributed by atoms with E-state index in [1.807, 2.05) is 13.8 Å². The van der Waals surface area contributed by atoms with Crippen LogP contribution in [0.4, 0.5) is 0 Å². The molecule has 1 amide bonds. The Kier molecular flexibility index (Phi) is 5.12. The Morgan fingerprint density at radius 3 is 2.52 bits per heavy atom. The summed E-state index contributed by atoms with van der Waals surface area (Å²) in [5, 5.41) is 0. The number of nitrogens with zero attached hydrogens (tertiary/aromatic N) is 2. The highest BCUT2D eigenvalue weighted by atomic mass is 32.2. The third-order valence-electron chi connectivity index (χ3n) is 4.10. The summed E-state index contributed by atoms with van der Waals surface area (Å²) < 4.78 is 32.2. The average molecular weight is 380 g/mol. The maximum atomic E-state index is 12.8. The minimum absolute atomic E-state index is 0.143. The van der Waals surface area contributed by atoms with E-state index < -0.39 is 10.0 Å². The molecule has 3 rings (SSSR count). The Morgan fingerprint density at radius 1 is 1.24 bits per heavy atom. The summed E-state index contributed by atoms with van der Waals surface area (Å²) in [6.07, 6.45) is 4.61. The number of furan rings is 1. The fraction of sp³-hybridized carbons (Fsp3) is 0.353. The van der Waals surface area contributed by atoms with E-state index in [2.05, 4.69) is 0 Å². The molecule has 0 radical (unpaired) electrons. The van der Waals surface area contributed by atoms with Crippen molar-refractivity contribution in [3.05, 3.63) is 46.1 Å². The summed E-state index contributed by atoms with van der Waals surface area (Å²) in [5.74, 6) is 0.467. The second kappa shape index (κ2) is 7.15. The molecule has 1 fully saturated rings. The molecule has 0 unspecified atom stereocenters. The lowest BCUT2D eigenvalue weighted by molar-refractivity contribution is -0.127. The predicted octanol–water partition coefficient (Wildman–Crippen LogP) is 2.50. The lowest BCUT2D eigenvalue weighted by Gasteiger charge is -2.33. The third-order valence-corrected chi connectivity index (χ3v) is 7.22. The molecule has 0 atom stereocenters. The maximum Gasteiger partial charge on any atom is 0.246 e. The second-order valence-electron chi connectivity index (χ2n) is 5.86. The predicted molar refractivity (Wildman–Crippen MR) is 96.9 cm³/mol. The molecule has 1 aliphatic heterocycles. The highest BCUT2D eigenvalue weighted by Crippen LogP contribution is 2.28. The molecule has 3 heterocycles. The SMILES string of the molecule is Cc1cc(S(=O)(=O)N2CCN(C(=O)/C=C/c3ccco3)CC2)c(C)s1. The Bertz CT molecular complexity index is 874. The molecule has 6 nitrogen and oxygen atoms in total. The highest BCUT2D eigenvalue weighted by Gasteiger charge is 2.31. The van der Waals surface area contributed by atoms with Gasteiger partial charge in [-0.3, -0.25) is 4.79 Å². The van der Waals surface area contributed by atoms with Gasteiger partial charge in [0.15, 0.2) is 0 Å². The van der Waals surface area contributed by atoms with Crippen LogP contribution >= 0.6 is 11.3 Å². The van der Waals surface area contributed by atoms with Crippen molar-refractivity contribution >= 4 is 33.3 Å². The number of piperazine rings is 1. The zero-order chi connectivity index (χ0) is 18.0. The van der Waals surface area contributed by atoms with Crippen molar-refractivity contribution in [2.24, 2.45) is 0 Å². The molecule has 8 heteroatoms. The van der Waals surface area contributed by atoms with Crippen molar-refractivity contribution in [2.45, 2.75) is 18.7 Å². The lowest BCUT2D eigenvalue weighted by Crippen LogP contribution is -2.50. The highest BCUT2D eigenvalue weighted by molar-refractivity contribution is 7.89. The minimum Gasteiger partial charge on any atom is -0.465 e. The van der Waals surface area contributed by atoms with Crippen molar-refractivity contribution < 1.29 is 17.6 Å². The van der Waals surface area contributed by atoms with Gasteiger partial charge >= 0.3 is 0 Å². The van der Waals surface area contributed by atoms with Gasteiger partial charge in [-0.2, -0.15) is 4.31 Å². The molecule has 0 aromatic carbocycles. The van der Waals surface area contributed by atoms with Gasteiger partial charge in [-0.25, -0.2) is 8.42 Å². The van der Waals surface area contributed by atoms with Crippen LogP contribution in [0.3, 0.4) is 0 Å². The summed E-state index contributed by atoms with van der Waals surface area (Å²) >= 11 is 1.48. The smallest absolute Gasteiger partial charge is 0.246 e. The van der Waals surface area contributed by atoms with Gasteiger partial charge in [0.05, 0.1) is 11.2 Å². The van der Waals surface area contributed by atoms with Crippen molar-refractivity contribution in [2.75, 3.05) is 26.2 Å².